The van der Waals surface area contributed by atoms with Crippen LogP contribution in [0.2, 0.25) is 5.02 Å². The van der Waals surface area contributed by atoms with Crippen molar-refractivity contribution >= 4 is 41.3 Å². The summed E-state index contributed by atoms with van der Waals surface area (Å²) in [5.74, 6) is 2.25. The van der Waals surface area contributed by atoms with Crippen LogP contribution in [-0.2, 0) is 6.61 Å². The highest BCUT2D eigenvalue weighted by atomic mass is 35.5. The predicted molar refractivity (Wildman–Crippen MR) is 149 cm³/mol. The molecule has 2 heterocycles. The Labute approximate surface area is 221 Å². The van der Waals surface area contributed by atoms with Gasteiger partial charge in [-0.2, -0.15) is 20.1 Å². The van der Waals surface area contributed by atoms with Crippen LogP contribution in [0.5, 0.6) is 5.75 Å². The third-order valence-electron chi connectivity index (χ3n) is 5.90. The van der Waals surface area contributed by atoms with E-state index in [1.54, 1.807) is 6.21 Å². The summed E-state index contributed by atoms with van der Waals surface area (Å²) in [5, 5.41) is 8.31. The number of rotatable bonds is 9. The Balaban J connectivity index is 1.25. The quantitative estimate of drug-likeness (QED) is 0.201. The number of benzene rings is 3. The van der Waals surface area contributed by atoms with Gasteiger partial charge >= 0.3 is 0 Å². The van der Waals surface area contributed by atoms with Gasteiger partial charge < -0.3 is 15.0 Å². The maximum absolute atomic E-state index is 6.20. The molecule has 1 aliphatic rings. The summed E-state index contributed by atoms with van der Waals surface area (Å²) in [6.45, 7) is 2.28. The van der Waals surface area contributed by atoms with E-state index < -0.39 is 0 Å². The number of piperidine rings is 1. The van der Waals surface area contributed by atoms with E-state index in [9.17, 15) is 0 Å². The molecule has 1 fully saturated rings. The van der Waals surface area contributed by atoms with E-state index in [2.05, 4.69) is 35.7 Å². The van der Waals surface area contributed by atoms with Crippen LogP contribution < -0.4 is 20.4 Å². The first-order chi connectivity index (χ1) is 18.2. The molecule has 0 radical (unpaired) electrons. The van der Waals surface area contributed by atoms with E-state index in [0.29, 0.717) is 29.5 Å². The molecule has 5 rings (SSSR count). The molecule has 0 atom stereocenters. The van der Waals surface area contributed by atoms with Gasteiger partial charge in [0.25, 0.3) is 0 Å². The van der Waals surface area contributed by atoms with Gasteiger partial charge in [0.05, 0.1) is 6.21 Å². The summed E-state index contributed by atoms with van der Waals surface area (Å²) in [6, 6.07) is 25.2. The lowest BCUT2D eigenvalue weighted by atomic mass is 10.1. The van der Waals surface area contributed by atoms with E-state index >= 15 is 0 Å². The maximum atomic E-state index is 6.20. The van der Waals surface area contributed by atoms with Crippen LogP contribution in [0.15, 0.2) is 84.0 Å². The number of para-hydroxylation sites is 1. The molecule has 0 saturated carbocycles. The van der Waals surface area contributed by atoms with Crippen LogP contribution in [0, 0.1) is 0 Å². The Morgan fingerprint density at radius 1 is 0.838 bits per heavy atom. The Bertz CT molecular complexity index is 1330. The first-order valence-electron chi connectivity index (χ1n) is 12.3. The Hall–Kier alpha value is -4.17. The number of nitrogens with one attached hydrogen (secondary N) is 2. The highest BCUT2D eigenvalue weighted by molar-refractivity contribution is 6.31. The first kappa shape index (κ1) is 24.5. The lowest BCUT2D eigenvalue weighted by Gasteiger charge is -2.26. The zero-order chi connectivity index (χ0) is 25.3. The summed E-state index contributed by atoms with van der Waals surface area (Å²) in [7, 11) is 0. The fraction of sp³-hybridized carbons (Fsp3) is 0.214. The molecule has 0 bridgehead atoms. The van der Waals surface area contributed by atoms with E-state index in [1.807, 2.05) is 78.9 Å². The molecule has 4 aromatic rings. The van der Waals surface area contributed by atoms with Crippen molar-refractivity contribution in [2.24, 2.45) is 5.10 Å². The highest BCUT2D eigenvalue weighted by Crippen LogP contribution is 2.21. The monoisotopic (exact) mass is 513 g/mol. The Kier molecular flexibility index (Phi) is 8.07. The number of ether oxygens (including phenoxy) is 1. The van der Waals surface area contributed by atoms with Crippen LogP contribution in [0.4, 0.5) is 23.5 Å². The van der Waals surface area contributed by atoms with Gasteiger partial charge in [0.1, 0.15) is 12.4 Å². The van der Waals surface area contributed by atoms with Gasteiger partial charge in [-0.1, -0.05) is 48.0 Å². The topological polar surface area (TPSA) is 87.6 Å². The highest BCUT2D eigenvalue weighted by Gasteiger charge is 2.16. The minimum Gasteiger partial charge on any atom is -0.489 e. The van der Waals surface area contributed by atoms with Crippen molar-refractivity contribution in [2.75, 3.05) is 28.7 Å². The molecule has 1 aliphatic heterocycles. The van der Waals surface area contributed by atoms with Gasteiger partial charge in [-0.25, -0.2) is 5.43 Å². The molecular formula is C28H28ClN7O. The zero-order valence-corrected chi connectivity index (χ0v) is 21.1. The largest absolute Gasteiger partial charge is 0.489 e. The predicted octanol–water partition coefficient (Wildman–Crippen LogP) is 6.28. The van der Waals surface area contributed by atoms with Crippen molar-refractivity contribution in [3.8, 4) is 5.75 Å². The lowest BCUT2D eigenvalue weighted by molar-refractivity contribution is 0.306. The van der Waals surface area contributed by atoms with Crippen molar-refractivity contribution in [2.45, 2.75) is 25.9 Å². The van der Waals surface area contributed by atoms with Gasteiger partial charge in [-0.15, -0.1) is 0 Å². The van der Waals surface area contributed by atoms with Gasteiger partial charge in [0, 0.05) is 29.4 Å². The molecule has 188 valence electrons. The number of hydrogen-bond donors (Lipinski definition) is 2. The SMILES string of the molecule is Clc1ccccc1COc1ccc(C=NNc2nc(Nc3ccccc3)nc(N3CCCCC3)n2)cc1. The van der Waals surface area contributed by atoms with Crippen molar-refractivity contribution in [3.63, 3.8) is 0 Å². The smallest absolute Gasteiger partial charge is 0.250 e. The standard InChI is InChI=1S/C28H28ClN7O/c29-25-12-6-5-9-22(25)20-37-24-15-13-21(14-16-24)19-30-35-27-32-26(31-23-10-3-1-4-11-23)33-28(34-27)36-17-7-2-8-18-36/h1,3-6,9-16,19H,2,7-8,17-18,20H2,(H2,31,32,33,34,35). The van der Waals surface area contributed by atoms with E-state index in [0.717, 1.165) is 48.5 Å². The molecule has 0 unspecified atom stereocenters. The van der Waals surface area contributed by atoms with Crippen molar-refractivity contribution in [1.82, 2.24) is 15.0 Å². The third kappa shape index (κ3) is 6.95. The molecule has 0 aliphatic carbocycles. The van der Waals surface area contributed by atoms with E-state index in [-0.39, 0.29) is 0 Å². The Morgan fingerprint density at radius 2 is 1.57 bits per heavy atom. The zero-order valence-electron chi connectivity index (χ0n) is 20.3. The summed E-state index contributed by atoms with van der Waals surface area (Å²) >= 11 is 6.20. The number of anilines is 4. The number of hydrogen-bond acceptors (Lipinski definition) is 8. The minimum absolute atomic E-state index is 0.380. The normalized spacial score (nSPS) is 13.5. The first-order valence-corrected chi connectivity index (χ1v) is 12.7. The second kappa shape index (κ2) is 12.2. The van der Waals surface area contributed by atoms with Crippen molar-refractivity contribution in [3.05, 3.63) is 95.0 Å². The molecular weight excluding hydrogens is 486 g/mol. The van der Waals surface area contributed by atoms with E-state index in [4.69, 9.17) is 16.3 Å². The summed E-state index contributed by atoms with van der Waals surface area (Å²) in [5.41, 5.74) is 5.72. The van der Waals surface area contributed by atoms with Crippen LogP contribution in [0.25, 0.3) is 0 Å². The lowest BCUT2D eigenvalue weighted by Crippen LogP contribution is -2.31. The number of aromatic nitrogens is 3. The second-order valence-corrected chi connectivity index (χ2v) is 9.05. The van der Waals surface area contributed by atoms with Crippen LogP contribution in [-0.4, -0.2) is 34.3 Å². The molecule has 0 spiro atoms. The fourth-order valence-electron chi connectivity index (χ4n) is 3.95. The molecule has 37 heavy (non-hydrogen) atoms. The molecule has 9 heteroatoms. The van der Waals surface area contributed by atoms with Crippen LogP contribution in [0.1, 0.15) is 30.4 Å². The number of halogens is 1. The fourth-order valence-corrected chi connectivity index (χ4v) is 4.14. The maximum Gasteiger partial charge on any atom is 0.250 e. The number of nitrogens with zero attached hydrogens (tertiary/aromatic N) is 5. The van der Waals surface area contributed by atoms with Gasteiger partial charge in [0.2, 0.25) is 17.8 Å². The molecule has 1 saturated heterocycles. The second-order valence-electron chi connectivity index (χ2n) is 8.64. The van der Waals surface area contributed by atoms with Crippen molar-refractivity contribution in [1.29, 1.82) is 0 Å². The summed E-state index contributed by atoms with van der Waals surface area (Å²) < 4.78 is 5.85. The van der Waals surface area contributed by atoms with Gasteiger partial charge in [-0.05, 0) is 67.3 Å². The van der Waals surface area contributed by atoms with Crippen molar-refractivity contribution < 1.29 is 4.74 Å². The average Bonchev–Trinajstić information content (AvgIpc) is 2.94. The number of hydrazone groups is 1. The summed E-state index contributed by atoms with van der Waals surface area (Å²) in [6.07, 6.45) is 5.21. The van der Waals surface area contributed by atoms with Crippen LogP contribution >= 0.6 is 11.6 Å². The molecule has 1 aromatic heterocycles. The van der Waals surface area contributed by atoms with E-state index in [1.165, 1.54) is 6.42 Å². The van der Waals surface area contributed by atoms with Crippen LogP contribution in [0.3, 0.4) is 0 Å². The Morgan fingerprint density at radius 3 is 2.35 bits per heavy atom. The molecule has 2 N–H and O–H groups in total. The third-order valence-corrected chi connectivity index (χ3v) is 6.27. The molecule has 0 amide bonds. The van der Waals surface area contributed by atoms with Gasteiger partial charge in [-0.3, -0.25) is 0 Å². The molecule has 8 nitrogen and oxygen atoms in total. The summed E-state index contributed by atoms with van der Waals surface area (Å²) in [4.78, 5) is 16.0. The van der Waals surface area contributed by atoms with Gasteiger partial charge in [0.15, 0.2) is 0 Å². The average molecular weight is 514 g/mol. The minimum atomic E-state index is 0.380. The molecule has 3 aromatic carbocycles.